The van der Waals surface area contributed by atoms with E-state index in [1.54, 1.807) is 14.0 Å². The number of aromatic nitrogens is 1. The first-order valence-corrected chi connectivity index (χ1v) is 17.5. The molecule has 4 aromatic rings. The van der Waals surface area contributed by atoms with Crippen LogP contribution in [-0.2, 0) is 20.9 Å². The summed E-state index contributed by atoms with van der Waals surface area (Å²) in [6, 6.07) is 19.5. The summed E-state index contributed by atoms with van der Waals surface area (Å²) >= 11 is 7.81. The van der Waals surface area contributed by atoms with Crippen molar-refractivity contribution in [3.63, 3.8) is 0 Å². The van der Waals surface area contributed by atoms with Gasteiger partial charge in [0.25, 0.3) is 11.5 Å². The summed E-state index contributed by atoms with van der Waals surface area (Å²) in [7, 11) is 1.68. The number of thiocarbonyl (C=S) groups is 1. The largest absolute Gasteiger partial charge is 0.497 e. The molecule has 2 unspecified atom stereocenters. The number of benzene rings is 3. The molecule has 2 fully saturated rings. The second-order valence-electron chi connectivity index (χ2n) is 11.5. The highest BCUT2D eigenvalue weighted by Gasteiger charge is 2.42. The number of fused-ring (bicyclic) bond motifs is 4. The number of hydrogen-bond acceptors (Lipinski definition) is 9. The maximum Gasteiger partial charge on any atom is 0.326 e. The van der Waals surface area contributed by atoms with Crippen LogP contribution in [-0.4, -0.2) is 52.0 Å². The van der Waals surface area contributed by atoms with E-state index in [4.69, 9.17) is 21.7 Å². The van der Waals surface area contributed by atoms with Crippen molar-refractivity contribution in [2.45, 2.75) is 51.6 Å². The van der Waals surface area contributed by atoms with Crippen molar-refractivity contribution in [1.82, 2.24) is 9.47 Å². The van der Waals surface area contributed by atoms with Crippen molar-refractivity contribution >= 4 is 84.6 Å². The minimum atomic E-state index is -0.529. The number of methoxy groups -OCH3 is 1. The van der Waals surface area contributed by atoms with Gasteiger partial charge in [-0.15, -0.1) is 11.3 Å². The Kier molecular flexibility index (Phi) is 8.25. The Morgan fingerprint density at radius 3 is 2.61 bits per heavy atom. The Balaban J connectivity index is 1.31. The highest BCUT2D eigenvalue weighted by atomic mass is 32.2. The van der Waals surface area contributed by atoms with Crippen LogP contribution < -0.4 is 24.4 Å². The van der Waals surface area contributed by atoms with Crippen LogP contribution in [0.1, 0.15) is 50.2 Å². The summed E-state index contributed by atoms with van der Waals surface area (Å²) < 4.78 is 13.2. The summed E-state index contributed by atoms with van der Waals surface area (Å²) in [5, 5.41) is 2.30. The summed E-state index contributed by atoms with van der Waals surface area (Å²) in [6.07, 6.45) is 5.27. The fourth-order valence-corrected chi connectivity index (χ4v) is 9.55. The predicted octanol–water partition coefficient (Wildman–Crippen LogP) is 5.24. The zero-order valence-corrected chi connectivity index (χ0v) is 28.2. The maximum atomic E-state index is 13.8. The Morgan fingerprint density at radius 2 is 1.85 bits per heavy atom. The lowest BCUT2D eigenvalue weighted by Gasteiger charge is -2.27. The van der Waals surface area contributed by atoms with E-state index >= 15 is 0 Å². The Bertz CT molecular complexity index is 2100. The summed E-state index contributed by atoms with van der Waals surface area (Å²) in [5.74, 6) is 0.466. The van der Waals surface area contributed by atoms with E-state index in [1.807, 2.05) is 25.1 Å². The van der Waals surface area contributed by atoms with Crippen molar-refractivity contribution in [3.8, 4) is 5.75 Å². The molecule has 2 atom stereocenters. The molecular weight excluding hydrogens is 639 g/mol. The maximum absolute atomic E-state index is 13.8. The van der Waals surface area contributed by atoms with E-state index in [0.717, 1.165) is 36.0 Å². The van der Waals surface area contributed by atoms with E-state index in [-0.39, 0.29) is 24.6 Å². The Labute approximate surface area is 279 Å². The van der Waals surface area contributed by atoms with Crippen molar-refractivity contribution in [2.75, 3.05) is 25.2 Å². The molecule has 0 N–H and O–H groups in total. The average Bonchev–Trinajstić information content (AvgIpc) is 3.79. The van der Waals surface area contributed by atoms with E-state index in [0.29, 0.717) is 36.9 Å². The van der Waals surface area contributed by atoms with Crippen LogP contribution in [0.15, 0.2) is 59.4 Å². The predicted molar refractivity (Wildman–Crippen MR) is 188 cm³/mol. The topological polar surface area (TPSA) is 81.1 Å². The number of amides is 1. The quantitative estimate of drug-likeness (QED) is 0.195. The number of carbonyl (C=O) groups excluding carboxylic acids is 2. The van der Waals surface area contributed by atoms with Crippen LogP contribution in [0.2, 0.25) is 0 Å². The summed E-state index contributed by atoms with van der Waals surface area (Å²) in [4.78, 5) is 43.8. The Morgan fingerprint density at radius 1 is 1.04 bits per heavy atom. The molecule has 3 aromatic carbocycles. The minimum Gasteiger partial charge on any atom is -0.497 e. The molecule has 11 heteroatoms. The molecule has 3 heterocycles. The number of carbonyl (C=O) groups is 2. The van der Waals surface area contributed by atoms with Crippen LogP contribution in [0.5, 0.6) is 5.75 Å². The van der Waals surface area contributed by atoms with Gasteiger partial charge in [-0.3, -0.25) is 23.9 Å². The van der Waals surface area contributed by atoms with Crippen LogP contribution in [0.3, 0.4) is 0 Å². The molecule has 0 spiro atoms. The third kappa shape index (κ3) is 5.24. The third-order valence-corrected chi connectivity index (χ3v) is 11.7. The van der Waals surface area contributed by atoms with Gasteiger partial charge in [0.2, 0.25) is 0 Å². The molecule has 1 saturated carbocycles. The molecule has 236 valence electrons. The van der Waals surface area contributed by atoms with Crippen molar-refractivity contribution < 1.29 is 19.1 Å². The standard InChI is InChI=1S/C35H33N3O5S3/c1-4-36-33(41)31(46-35(36)44)34-37(19-30(39)43-5-2)32(40)29(45-34)16-20-9-14-28-26(15-20)25-7-6-8-27(25)38(28)23-12-10-22-18-24(42-3)13-11-21(22)17-23/h9-18,25,27H,4-8,19H2,1-3H3/b29-16+,34-31+. The zero-order chi connectivity index (χ0) is 32.1. The van der Waals surface area contributed by atoms with Crippen LogP contribution >= 0.6 is 35.3 Å². The molecule has 1 aromatic heterocycles. The molecule has 8 nitrogen and oxygen atoms in total. The molecule has 1 aliphatic carbocycles. The first-order chi connectivity index (χ1) is 22.3. The number of hydrogen-bond donors (Lipinski definition) is 0. The number of anilines is 2. The van der Waals surface area contributed by atoms with Crippen LogP contribution in [0, 0.1) is 0 Å². The Hall–Kier alpha value is -3.93. The van der Waals surface area contributed by atoms with Crippen molar-refractivity contribution in [2.24, 2.45) is 0 Å². The number of thiazole rings is 1. The van der Waals surface area contributed by atoms with Gasteiger partial charge in [0, 0.05) is 29.9 Å². The normalized spacial score (nSPS) is 20.5. The smallest absolute Gasteiger partial charge is 0.326 e. The molecule has 1 amide bonds. The number of nitrogens with zero attached hydrogens (tertiary/aromatic N) is 3. The molecule has 7 rings (SSSR count). The lowest BCUT2D eigenvalue weighted by molar-refractivity contribution is -0.143. The summed E-state index contributed by atoms with van der Waals surface area (Å²) in [6.45, 7) is 3.94. The highest BCUT2D eigenvalue weighted by molar-refractivity contribution is 8.30. The van der Waals surface area contributed by atoms with Gasteiger partial charge in [0.05, 0.1) is 18.2 Å². The van der Waals surface area contributed by atoms with E-state index in [9.17, 15) is 14.4 Å². The van der Waals surface area contributed by atoms with Crippen LogP contribution in [0.4, 0.5) is 11.4 Å². The number of esters is 1. The van der Waals surface area contributed by atoms with Gasteiger partial charge in [0.15, 0.2) is 0 Å². The average molecular weight is 672 g/mol. The first-order valence-electron chi connectivity index (χ1n) is 15.5. The van der Waals surface area contributed by atoms with Gasteiger partial charge in [-0.25, -0.2) is 0 Å². The molecule has 46 heavy (non-hydrogen) atoms. The fraction of sp³-hybridized carbons (Fsp3) is 0.314. The van der Waals surface area contributed by atoms with Crippen molar-refractivity contribution in [3.05, 3.63) is 85.3 Å². The van der Waals surface area contributed by atoms with Gasteiger partial charge in [-0.1, -0.05) is 48.6 Å². The summed E-state index contributed by atoms with van der Waals surface area (Å²) in [5.41, 5.74) is 4.23. The highest BCUT2D eigenvalue weighted by Crippen LogP contribution is 2.52. The SMILES string of the molecule is CCOC(=O)Cn1c(=O)/c(=C\c2ccc3c(c2)C2CCCC2N3c2ccc3cc(OC)ccc3c2)s/c1=C1/SC(=S)N(CC)C1=O. The van der Waals surface area contributed by atoms with Gasteiger partial charge in [-0.2, -0.15) is 0 Å². The first kappa shape index (κ1) is 30.7. The molecule has 0 radical (unpaired) electrons. The zero-order valence-electron chi connectivity index (χ0n) is 25.8. The molecule has 2 aliphatic heterocycles. The molecular formula is C35H33N3O5S3. The third-order valence-electron chi connectivity index (χ3n) is 8.99. The van der Waals surface area contributed by atoms with Crippen LogP contribution in [0.25, 0.3) is 21.8 Å². The van der Waals surface area contributed by atoms with Crippen molar-refractivity contribution in [1.29, 1.82) is 0 Å². The fourth-order valence-electron chi connectivity index (χ4n) is 6.91. The number of rotatable bonds is 7. The van der Waals surface area contributed by atoms with E-state index in [2.05, 4.69) is 47.4 Å². The second kappa shape index (κ2) is 12.4. The lowest BCUT2D eigenvalue weighted by Crippen LogP contribution is -2.36. The second-order valence-corrected chi connectivity index (χ2v) is 14.2. The van der Waals surface area contributed by atoms with Gasteiger partial charge in [0.1, 0.15) is 26.2 Å². The monoisotopic (exact) mass is 671 g/mol. The van der Waals surface area contributed by atoms with Gasteiger partial charge >= 0.3 is 5.97 Å². The van der Waals surface area contributed by atoms with E-state index < -0.39 is 5.97 Å². The minimum absolute atomic E-state index is 0.201. The lowest BCUT2D eigenvalue weighted by atomic mass is 9.96. The van der Waals surface area contributed by atoms with Gasteiger partial charge in [-0.05, 0) is 91.1 Å². The molecule has 0 bridgehead atoms. The van der Waals surface area contributed by atoms with Gasteiger partial charge < -0.3 is 14.4 Å². The molecule has 1 saturated heterocycles. The number of ether oxygens (including phenoxy) is 2. The number of thioether (sulfide) groups is 1. The molecule has 3 aliphatic rings. The van der Waals surface area contributed by atoms with E-state index in [1.165, 1.54) is 54.9 Å².